The molecule has 6 nitrogen and oxygen atoms in total. The number of unbranched alkanes of at least 4 members (excludes halogenated alkanes) is 2. The molecule has 1 atom stereocenters. The molecule has 1 aromatic carbocycles. The highest BCUT2D eigenvalue weighted by Gasteiger charge is 2.24. The van der Waals surface area contributed by atoms with Crippen molar-refractivity contribution in [2.75, 3.05) is 11.5 Å². The summed E-state index contributed by atoms with van der Waals surface area (Å²) in [6, 6.07) is 6.91. The van der Waals surface area contributed by atoms with Crippen LogP contribution in [-0.4, -0.2) is 36.9 Å². The smallest absolute Gasteiger partial charge is 0.330 e. The number of amides is 1. The summed E-state index contributed by atoms with van der Waals surface area (Å²) in [5.74, 6) is -2.78. The number of rotatable bonds is 9. The molecule has 0 saturated heterocycles. The summed E-state index contributed by atoms with van der Waals surface area (Å²) in [5.41, 5.74) is 0.395. The van der Waals surface area contributed by atoms with E-state index in [0.717, 1.165) is 12.8 Å². The van der Waals surface area contributed by atoms with Crippen LogP contribution in [0, 0.1) is 0 Å². The SMILES string of the molecule is CCCCCS(=O)(=O)CC(=O)N[C@H](C(=O)O)c1ccccc1. The molecule has 1 amide bonds. The molecule has 0 fully saturated rings. The van der Waals surface area contributed by atoms with E-state index in [9.17, 15) is 23.1 Å². The highest BCUT2D eigenvalue weighted by atomic mass is 32.2. The Morgan fingerprint density at radius 3 is 2.36 bits per heavy atom. The Kier molecular flexibility index (Phi) is 7.04. The first-order valence-electron chi connectivity index (χ1n) is 7.13. The van der Waals surface area contributed by atoms with E-state index >= 15 is 0 Å². The molecule has 0 aromatic heterocycles. The number of carboxylic acid groups (broad SMARTS) is 1. The van der Waals surface area contributed by atoms with Gasteiger partial charge in [0.1, 0.15) is 5.75 Å². The molecule has 7 heteroatoms. The molecule has 0 aliphatic carbocycles. The van der Waals surface area contributed by atoms with Crippen molar-refractivity contribution >= 4 is 21.7 Å². The van der Waals surface area contributed by atoms with Crippen LogP contribution in [0.3, 0.4) is 0 Å². The predicted molar refractivity (Wildman–Crippen MR) is 83.1 cm³/mol. The zero-order chi connectivity index (χ0) is 16.6. The minimum absolute atomic E-state index is 0.0582. The van der Waals surface area contributed by atoms with Crippen LogP contribution in [0.4, 0.5) is 0 Å². The van der Waals surface area contributed by atoms with E-state index in [1.807, 2.05) is 6.92 Å². The molecule has 0 aliphatic heterocycles. The summed E-state index contributed by atoms with van der Waals surface area (Å²) < 4.78 is 23.6. The second kappa shape index (κ2) is 8.53. The average Bonchev–Trinajstić information content (AvgIpc) is 2.45. The number of aliphatic carboxylic acids is 1. The van der Waals surface area contributed by atoms with Crippen molar-refractivity contribution in [3.05, 3.63) is 35.9 Å². The summed E-state index contributed by atoms with van der Waals surface area (Å²) in [7, 11) is -3.51. The Morgan fingerprint density at radius 1 is 1.18 bits per heavy atom. The maximum atomic E-state index is 11.8. The number of carbonyl (C=O) groups is 2. The molecule has 0 heterocycles. The number of sulfone groups is 1. The van der Waals surface area contributed by atoms with Crippen molar-refractivity contribution < 1.29 is 23.1 Å². The number of nitrogens with one attached hydrogen (secondary N) is 1. The molecule has 0 radical (unpaired) electrons. The van der Waals surface area contributed by atoms with Gasteiger partial charge in [-0.25, -0.2) is 13.2 Å². The number of hydrogen-bond donors (Lipinski definition) is 2. The highest BCUT2D eigenvalue weighted by molar-refractivity contribution is 7.92. The van der Waals surface area contributed by atoms with Gasteiger partial charge in [-0.1, -0.05) is 50.1 Å². The van der Waals surface area contributed by atoms with Gasteiger partial charge in [0, 0.05) is 0 Å². The molecule has 0 spiro atoms. The summed E-state index contributed by atoms with van der Waals surface area (Å²) >= 11 is 0. The van der Waals surface area contributed by atoms with Crippen LogP contribution in [0.25, 0.3) is 0 Å². The van der Waals surface area contributed by atoms with E-state index in [2.05, 4.69) is 5.32 Å². The van der Waals surface area contributed by atoms with Crippen LogP contribution in [0.15, 0.2) is 30.3 Å². The van der Waals surface area contributed by atoms with E-state index in [0.29, 0.717) is 12.0 Å². The third-order valence-corrected chi connectivity index (χ3v) is 4.71. The standard InChI is InChI=1S/C15H21NO5S/c1-2-3-7-10-22(20,21)11-13(17)16-14(15(18)19)12-8-5-4-6-9-12/h4-6,8-9,14H,2-3,7,10-11H2,1H3,(H,16,17)(H,18,19)/t14-/m0/s1. The van der Waals surface area contributed by atoms with Gasteiger partial charge in [-0.2, -0.15) is 0 Å². The van der Waals surface area contributed by atoms with Gasteiger partial charge < -0.3 is 10.4 Å². The Balaban J connectivity index is 2.67. The number of carbonyl (C=O) groups excluding carboxylic acids is 1. The van der Waals surface area contributed by atoms with E-state index in [-0.39, 0.29) is 5.75 Å². The quantitative estimate of drug-likeness (QED) is 0.670. The summed E-state index contributed by atoms with van der Waals surface area (Å²) in [4.78, 5) is 23.1. The molecule has 0 bridgehead atoms. The van der Waals surface area contributed by atoms with E-state index in [1.54, 1.807) is 30.3 Å². The summed E-state index contributed by atoms with van der Waals surface area (Å²) in [5, 5.41) is 11.4. The van der Waals surface area contributed by atoms with Gasteiger partial charge in [0.05, 0.1) is 5.75 Å². The van der Waals surface area contributed by atoms with Gasteiger partial charge in [-0.15, -0.1) is 0 Å². The van der Waals surface area contributed by atoms with Crippen molar-refractivity contribution in [1.29, 1.82) is 0 Å². The zero-order valence-electron chi connectivity index (χ0n) is 12.5. The van der Waals surface area contributed by atoms with Crippen LogP contribution < -0.4 is 5.32 Å². The lowest BCUT2D eigenvalue weighted by atomic mass is 10.1. The van der Waals surface area contributed by atoms with Crippen LogP contribution in [-0.2, 0) is 19.4 Å². The Morgan fingerprint density at radius 2 is 1.82 bits per heavy atom. The van der Waals surface area contributed by atoms with Crippen molar-refractivity contribution in [2.45, 2.75) is 32.2 Å². The average molecular weight is 327 g/mol. The second-order valence-corrected chi connectivity index (χ2v) is 7.23. The topological polar surface area (TPSA) is 101 Å². The van der Waals surface area contributed by atoms with Crippen molar-refractivity contribution in [1.82, 2.24) is 5.32 Å². The monoisotopic (exact) mass is 327 g/mol. The van der Waals surface area contributed by atoms with Crippen LogP contribution in [0.1, 0.15) is 37.8 Å². The largest absolute Gasteiger partial charge is 0.479 e. The number of carboxylic acids is 1. The molecule has 122 valence electrons. The van der Waals surface area contributed by atoms with E-state index in [1.165, 1.54) is 0 Å². The third kappa shape index (κ3) is 6.26. The summed E-state index contributed by atoms with van der Waals surface area (Å²) in [6.07, 6.45) is 2.17. The molecule has 1 rings (SSSR count). The fourth-order valence-corrected chi connectivity index (χ4v) is 3.25. The maximum absolute atomic E-state index is 11.8. The van der Waals surface area contributed by atoms with Gasteiger partial charge in [-0.05, 0) is 12.0 Å². The molecule has 2 N–H and O–H groups in total. The first-order chi connectivity index (χ1) is 10.4. The fourth-order valence-electron chi connectivity index (χ4n) is 1.98. The first-order valence-corrected chi connectivity index (χ1v) is 8.95. The molecular weight excluding hydrogens is 306 g/mol. The minimum Gasteiger partial charge on any atom is -0.479 e. The maximum Gasteiger partial charge on any atom is 0.330 e. The van der Waals surface area contributed by atoms with Crippen molar-refractivity contribution in [3.8, 4) is 0 Å². The molecule has 0 saturated carbocycles. The lowest BCUT2D eigenvalue weighted by Crippen LogP contribution is -2.37. The minimum atomic E-state index is -3.51. The highest BCUT2D eigenvalue weighted by Crippen LogP contribution is 2.12. The van der Waals surface area contributed by atoms with Gasteiger partial charge in [0.2, 0.25) is 5.91 Å². The Bertz CT molecular complexity index is 598. The fraction of sp³-hybridized carbons (Fsp3) is 0.467. The predicted octanol–water partition coefficient (Wildman–Crippen LogP) is 1.53. The van der Waals surface area contributed by atoms with Crippen LogP contribution in [0.5, 0.6) is 0 Å². The van der Waals surface area contributed by atoms with E-state index in [4.69, 9.17) is 0 Å². The molecule has 1 aromatic rings. The Hall–Kier alpha value is -1.89. The molecule has 0 aliphatic rings. The van der Waals surface area contributed by atoms with Crippen molar-refractivity contribution in [3.63, 3.8) is 0 Å². The molecule has 22 heavy (non-hydrogen) atoms. The first kappa shape index (κ1) is 18.2. The lowest BCUT2D eigenvalue weighted by molar-refractivity contribution is -0.141. The van der Waals surface area contributed by atoms with E-state index < -0.39 is 33.5 Å². The number of hydrogen-bond acceptors (Lipinski definition) is 4. The summed E-state index contributed by atoms with van der Waals surface area (Å²) in [6.45, 7) is 1.96. The second-order valence-electron chi connectivity index (χ2n) is 5.05. The van der Waals surface area contributed by atoms with Gasteiger partial charge in [0.25, 0.3) is 0 Å². The van der Waals surface area contributed by atoms with Gasteiger partial charge in [-0.3, -0.25) is 4.79 Å². The van der Waals surface area contributed by atoms with Crippen molar-refractivity contribution in [2.24, 2.45) is 0 Å². The molecule has 0 unspecified atom stereocenters. The van der Waals surface area contributed by atoms with Crippen LogP contribution in [0.2, 0.25) is 0 Å². The third-order valence-electron chi connectivity index (χ3n) is 3.10. The zero-order valence-corrected chi connectivity index (χ0v) is 13.3. The normalized spacial score (nSPS) is 12.6. The van der Waals surface area contributed by atoms with Gasteiger partial charge >= 0.3 is 5.97 Å². The van der Waals surface area contributed by atoms with Gasteiger partial charge in [0.15, 0.2) is 15.9 Å². The number of benzene rings is 1. The Labute approximate surface area is 130 Å². The lowest BCUT2D eigenvalue weighted by Gasteiger charge is -2.15. The van der Waals surface area contributed by atoms with Crippen LogP contribution >= 0.6 is 0 Å². The molecular formula is C15H21NO5S.